The number of likely N-dealkylation sites (tertiary alicyclic amines) is 2. The molecule has 0 saturated carbocycles. The molecule has 2 amide bonds. The van der Waals surface area contributed by atoms with E-state index in [-0.39, 0.29) is 12.1 Å². The van der Waals surface area contributed by atoms with Gasteiger partial charge in [0.1, 0.15) is 0 Å². The van der Waals surface area contributed by atoms with Gasteiger partial charge >= 0.3 is 6.03 Å². The molecule has 0 radical (unpaired) electrons. The summed E-state index contributed by atoms with van der Waals surface area (Å²) in [6, 6.07) is 9.29. The third-order valence-electron chi connectivity index (χ3n) is 8.40. The van der Waals surface area contributed by atoms with E-state index in [1.165, 1.54) is 44.4 Å². The molecule has 1 aromatic carbocycles. The summed E-state index contributed by atoms with van der Waals surface area (Å²) in [5.74, 6) is 0.847. The number of urea groups is 1. The molecular formula is C29H36N6O. The van der Waals surface area contributed by atoms with Gasteiger partial charge in [0.2, 0.25) is 0 Å². The molecule has 6 rings (SSSR count). The zero-order valence-electron chi connectivity index (χ0n) is 21.7. The number of hydrogen-bond donors (Lipinski definition) is 2. The van der Waals surface area contributed by atoms with Crippen LogP contribution >= 0.6 is 0 Å². The van der Waals surface area contributed by atoms with Crippen LogP contribution < -0.4 is 5.73 Å². The minimum atomic E-state index is 0.147. The highest BCUT2D eigenvalue weighted by Crippen LogP contribution is 2.40. The molecule has 2 saturated heterocycles. The van der Waals surface area contributed by atoms with E-state index in [1.54, 1.807) is 0 Å². The number of nitrogens with one attached hydrogen (secondary N) is 1. The number of H-pyrrole nitrogens is 1. The van der Waals surface area contributed by atoms with Crippen molar-refractivity contribution in [3.8, 4) is 11.3 Å². The van der Waals surface area contributed by atoms with Crippen LogP contribution in [0.15, 0.2) is 36.7 Å². The number of carbonyl (C=O) groups is 1. The summed E-state index contributed by atoms with van der Waals surface area (Å²) in [7, 11) is 0. The average molecular weight is 485 g/mol. The predicted octanol–water partition coefficient (Wildman–Crippen LogP) is 5.17. The summed E-state index contributed by atoms with van der Waals surface area (Å²) in [5.41, 5.74) is 15.9. The molecule has 0 bridgehead atoms. The van der Waals surface area contributed by atoms with E-state index in [1.807, 2.05) is 20.5 Å². The normalized spacial score (nSPS) is 17.5. The summed E-state index contributed by atoms with van der Waals surface area (Å²) in [6.07, 6.45) is 6.02. The number of rotatable bonds is 3. The monoisotopic (exact) mass is 484 g/mol. The summed E-state index contributed by atoms with van der Waals surface area (Å²) >= 11 is 0. The zero-order valence-corrected chi connectivity index (χ0v) is 21.7. The molecule has 3 N–H and O–H groups in total. The van der Waals surface area contributed by atoms with Gasteiger partial charge in [-0.25, -0.2) is 9.31 Å². The van der Waals surface area contributed by atoms with Gasteiger partial charge in [-0.05, 0) is 79.0 Å². The minimum absolute atomic E-state index is 0.147. The summed E-state index contributed by atoms with van der Waals surface area (Å²) in [6.45, 7) is 11.9. The van der Waals surface area contributed by atoms with E-state index in [0.29, 0.717) is 24.9 Å². The smallest absolute Gasteiger partial charge is 0.320 e. The van der Waals surface area contributed by atoms with Crippen LogP contribution in [0, 0.1) is 13.8 Å². The van der Waals surface area contributed by atoms with Gasteiger partial charge < -0.3 is 20.5 Å². The molecule has 36 heavy (non-hydrogen) atoms. The van der Waals surface area contributed by atoms with Crippen LogP contribution in [-0.4, -0.2) is 62.6 Å². The first kappa shape index (κ1) is 23.1. The van der Waals surface area contributed by atoms with Crippen molar-refractivity contribution >= 4 is 22.5 Å². The number of aromatic nitrogens is 3. The number of nitrogens with two attached hydrogens (primary N) is 1. The van der Waals surface area contributed by atoms with Crippen molar-refractivity contribution in [2.24, 2.45) is 5.73 Å². The quantitative estimate of drug-likeness (QED) is 0.421. The maximum atomic E-state index is 12.7. The third-order valence-corrected chi connectivity index (χ3v) is 8.40. The molecule has 188 valence electrons. The van der Waals surface area contributed by atoms with Crippen molar-refractivity contribution in [1.82, 2.24) is 24.4 Å². The highest BCUT2D eigenvalue weighted by Gasteiger charge is 2.33. The number of amides is 2. The lowest BCUT2D eigenvalue weighted by molar-refractivity contribution is 0.106. The maximum Gasteiger partial charge on any atom is 0.320 e. The Labute approximate surface area is 212 Å². The average Bonchev–Trinajstić information content (AvgIpc) is 3.48. The van der Waals surface area contributed by atoms with Crippen LogP contribution in [0.1, 0.15) is 60.8 Å². The Morgan fingerprint density at radius 3 is 2.53 bits per heavy atom. The number of benzene rings is 1. The molecule has 0 atom stereocenters. The largest absolute Gasteiger partial charge is 0.354 e. The van der Waals surface area contributed by atoms with Crippen molar-refractivity contribution in [3.63, 3.8) is 0 Å². The Kier molecular flexibility index (Phi) is 5.56. The van der Waals surface area contributed by atoms with E-state index >= 15 is 0 Å². The van der Waals surface area contributed by atoms with Crippen LogP contribution in [0.2, 0.25) is 0 Å². The molecule has 7 nitrogen and oxygen atoms in total. The van der Waals surface area contributed by atoms with Gasteiger partial charge in [0.05, 0.1) is 11.2 Å². The van der Waals surface area contributed by atoms with Gasteiger partial charge in [-0.2, -0.15) is 5.10 Å². The number of aromatic amines is 1. The molecule has 2 aliphatic rings. The van der Waals surface area contributed by atoms with Crippen molar-refractivity contribution in [2.75, 3.05) is 26.2 Å². The number of fused-ring (bicyclic) bond motifs is 2. The topological polar surface area (TPSA) is 82.7 Å². The zero-order chi connectivity index (χ0) is 25.1. The Morgan fingerprint density at radius 1 is 1.08 bits per heavy atom. The Morgan fingerprint density at radius 2 is 1.83 bits per heavy atom. The molecular weight excluding hydrogens is 448 g/mol. The molecule has 7 heteroatoms. The van der Waals surface area contributed by atoms with Gasteiger partial charge in [0, 0.05) is 61.1 Å². The highest BCUT2D eigenvalue weighted by atomic mass is 16.2. The van der Waals surface area contributed by atoms with E-state index in [0.717, 1.165) is 31.4 Å². The Bertz CT molecular complexity index is 1450. The van der Waals surface area contributed by atoms with Crippen molar-refractivity contribution in [1.29, 1.82) is 0 Å². The van der Waals surface area contributed by atoms with Crippen molar-refractivity contribution < 1.29 is 4.79 Å². The molecule has 0 aliphatic carbocycles. The number of piperidine rings is 1. The van der Waals surface area contributed by atoms with Gasteiger partial charge in [0.15, 0.2) is 0 Å². The predicted molar refractivity (Wildman–Crippen MR) is 145 cm³/mol. The fraction of sp³-hybridized carbons (Fsp3) is 0.448. The number of hydrogen-bond acceptors (Lipinski definition) is 3. The molecule has 5 heterocycles. The molecule has 3 aromatic heterocycles. The lowest BCUT2D eigenvalue weighted by atomic mass is 9.87. The van der Waals surface area contributed by atoms with E-state index in [9.17, 15) is 4.79 Å². The van der Waals surface area contributed by atoms with Crippen LogP contribution in [0.4, 0.5) is 4.79 Å². The van der Waals surface area contributed by atoms with Crippen LogP contribution in [0.3, 0.4) is 0 Å². The third kappa shape index (κ3) is 3.68. The molecule has 0 spiro atoms. The summed E-state index contributed by atoms with van der Waals surface area (Å²) in [5, 5.41) is 5.83. The lowest BCUT2D eigenvalue weighted by Crippen LogP contribution is -2.61. The van der Waals surface area contributed by atoms with E-state index < -0.39 is 0 Å². The van der Waals surface area contributed by atoms with E-state index in [2.05, 4.69) is 68.2 Å². The SMILES string of the molecule is Cc1c(-c2[nH]c3ccc(C4CCN(C(=O)N5CC(N)C5)CC4)cc3c2C(C)C)cn2nccc2c1C. The van der Waals surface area contributed by atoms with Crippen molar-refractivity contribution in [3.05, 3.63) is 58.9 Å². The molecule has 0 unspecified atom stereocenters. The first-order valence-electron chi connectivity index (χ1n) is 13.2. The van der Waals surface area contributed by atoms with Crippen LogP contribution in [0.25, 0.3) is 27.7 Å². The second-order valence-electron chi connectivity index (χ2n) is 11.0. The first-order chi connectivity index (χ1) is 17.3. The Hall–Kier alpha value is -3.32. The fourth-order valence-corrected chi connectivity index (χ4v) is 6.15. The number of aryl methyl sites for hydroxylation is 1. The molecule has 2 aliphatic heterocycles. The molecule has 4 aromatic rings. The van der Waals surface area contributed by atoms with Crippen LogP contribution in [-0.2, 0) is 0 Å². The number of pyridine rings is 1. The fourth-order valence-electron chi connectivity index (χ4n) is 6.15. The first-order valence-corrected chi connectivity index (χ1v) is 13.2. The number of nitrogens with zero attached hydrogens (tertiary/aromatic N) is 4. The van der Waals surface area contributed by atoms with Gasteiger partial charge in [-0.1, -0.05) is 19.9 Å². The van der Waals surface area contributed by atoms with Gasteiger partial charge in [0.25, 0.3) is 0 Å². The van der Waals surface area contributed by atoms with Gasteiger partial charge in [-0.3, -0.25) is 0 Å². The summed E-state index contributed by atoms with van der Waals surface area (Å²) in [4.78, 5) is 20.3. The highest BCUT2D eigenvalue weighted by molar-refractivity contribution is 5.93. The van der Waals surface area contributed by atoms with Crippen molar-refractivity contribution in [2.45, 2.75) is 58.4 Å². The second kappa shape index (κ2) is 8.66. The summed E-state index contributed by atoms with van der Waals surface area (Å²) < 4.78 is 1.99. The van der Waals surface area contributed by atoms with Gasteiger partial charge in [-0.15, -0.1) is 0 Å². The van der Waals surface area contributed by atoms with Crippen LogP contribution in [0.5, 0.6) is 0 Å². The maximum absolute atomic E-state index is 12.7. The second-order valence-corrected chi connectivity index (χ2v) is 11.0. The number of carbonyl (C=O) groups excluding carboxylic acids is 1. The lowest BCUT2D eigenvalue weighted by Gasteiger charge is -2.42. The molecule has 2 fully saturated rings. The Balaban J connectivity index is 1.32. The minimum Gasteiger partial charge on any atom is -0.354 e. The standard InChI is InChI=1S/C29H36N6O/c1-17(2)27-23-13-21(20-8-11-33(12-9-20)29(36)34-14-22(30)15-34)5-6-25(23)32-28(27)24-16-35-26(7-10-31-35)19(4)18(24)3/h5-7,10,13,16-17,20,22,32H,8-9,11-12,14-15,30H2,1-4H3. The van der Waals surface area contributed by atoms with E-state index in [4.69, 9.17) is 5.73 Å².